The van der Waals surface area contributed by atoms with Crippen LogP contribution in [0.25, 0.3) is 5.69 Å². The van der Waals surface area contributed by atoms with Gasteiger partial charge in [0.2, 0.25) is 10.0 Å². The van der Waals surface area contributed by atoms with Crippen molar-refractivity contribution in [2.75, 3.05) is 18.4 Å². The largest absolute Gasteiger partial charge is 0.322 e. The number of carbonyl (C=O) groups is 1. The third-order valence-electron chi connectivity index (χ3n) is 5.74. The van der Waals surface area contributed by atoms with Crippen molar-refractivity contribution in [2.24, 2.45) is 0 Å². The van der Waals surface area contributed by atoms with Gasteiger partial charge in [-0.1, -0.05) is 18.9 Å². The number of aryl methyl sites for hydroxylation is 2. The molecule has 2 heterocycles. The zero-order chi connectivity index (χ0) is 23.6. The minimum Gasteiger partial charge on any atom is -0.322 e. The summed E-state index contributed by atoms with van der Waals surface area (Å²) in [7, 11) is -3.68. The van der Waals surface area contributed by atoms with E-state index in [-0.39, 0.29) is 21.8 Å². The molecule has 1 aliphatic rings. The molecular weight excluding hydrogens is 443 g/mol. The fraction of sp³-hybridized carbons (Fsp3) is 0.333. The van der Waals surface area contributed by atoms with E-state index < -0.39 is 21.7 Å². The minimum atomic E-state index is -3.68. The fourth-order valence-electron chi connectivity index (χ4n) is 4.06. The molecule has 0 bridgehead atoms. The summed E-state index contributed by atoms with van der Waals surface area (Å²) < 4.78 is 43.8. The number of rotatable bonds is 5. The van der Waals surface area contributed by atoms with Crippen molar-refractivity contribution in [3.05, 3.63) is 71.3 Å². The Morgan fingerprint density at radius 3 is 2.36 bits per heavy atom. The molecule has 0 spiro atoms. The Kier molecular flexibility index (Phi) is 6.62. The molecule has 1 N–H and O–H groups in total. The summed E-state index contributed by atoms with van der Waals surface area (Å²) in [6, 6.07) is 12.2. The molecule has 1 saturated heterocycles. The highest BCUT2D eigenvalue weighted by molar-refractivity contribution is 7.89. The van der Waals surface area contributed by atoms with E-state index in [0.29, 0.717) is 13.1 Å². The first-order chi connectivity index (χ1) is 15.8. The van der Waals surface area contributed by atoms with E-state index in [0.717, 1.165) is 37.1 Å². The average molecular weight is 471 g/mol. The molecule has 7 nitrogen and oxygen atoms in total. The third-order valence-corrected chi connectivity index (χ3v) is 7.64. The molecule has 4 rings (SSSR count). The van der Waals surface area contributed by atoms with Gasteiger partial charge in [0, 0.05) is 30.0 Å². The van der Waals surface area contributed by atoms with Crippen LogP contribution in [0.2, 0.25) is 0 Å². The molecule has 1 amide bonds. The van der Waals surface area contributed by atoms with E-state index in [1.54, 1.807) is 18.2 Å². The lowest BCUT2D eigenvalue weighted by atomic mass is 10.2. The van der Waals surface area contributed by atoms with Crippen LogP contribution < -0.4 is 5.32 Å². The highest BCUT2D eigenvalue weighted by Gasteiger charge is 2.26. The summed E-state index contributed by atoms with van der Waals surface area (Å²) in [6.07, 6.45) is 3.70. The predicted molar refractivity (Wildman–Crippen MR) is 125 cm³/mol. The van der Waals surface area contributed by atoms with Gasteiger partial charge in [-0.3, -0.25) is 4.79 Å². The summed E-state index contributed by atoms with van der Waals surface area (Å²) in [5, 5.41) is 6.93. The number of sulfonamides is 1. The third kappa shape index (κ3) is 4.99. The Balaban J connectivity index is 1.53. The van der Waals surface area contributed by atoms with Gasteiger partial charge in [-0.25, -0.2) is 17.5 Å². The zero-order valence-corrected chi connectivity index (χ0v) is 19.5. The summed E-state index contributed by atoms with van der Waals surface area (Å²) in [4.78, 5) is 12.9. The van der Waals surface area contributed by atoms with Gasteiger partial charge < -0.3 is 5.32 Å². The van der Waals surface area contributed by atoms with Gasteiger partial charge in [-0.2, -0.15) is 9.40 Å². The molecule has 3 aromatic rings. The standard InChI is InChI=1S/C24H27FN4O3S/c1-17-14-18(2)29(27-17)23-11-10-20(16-22(23)25)26-24(30)19-8-7-9-21(15-19)33(31,32)28-12-5-3-4-6-13-28/h7-11,14-16H,3-6,12-13H2,1-2H3,(H,26,30). The van der Waals surface area contributed by atoms with Crippen molar-refractivity contribution in [3.8, 4) is 5.69 Å². The molecule has 33 heavy (non-hydrogen) atoms. The number of aromatic nitrogens is 2. The lowest BCUT2D eigenvalue weighted by Gasteiger charge is -2.20. The second-order valence-electron chi connectivity index (χ2n) is 8.31. The monoisotopic (exact) mass is 470 g/mol. The molecule has 0 unspecified atom stereocenters. The van der Waals surface area contributed by atoms with E-state index in [2.05, 4.69) is 10.4 Å². The number of anilines is 1. The Morgan fingerprint density at radius 1 is 1.00 bits per heavy atom. The second-order valence-corrected chi connectivity index (χ2v) is 10.2. The van der Waals surface area contributed by atoms with Crippen LogP contribution in [0, 0.1) is 19.7 Å². The number of nitrogens with zero attached hydrogens (tertiary/aromatic N) is 3. The van der Waals surface area contributed by atoms with E-state index >= 15 is 0 Å². The Labute approximate surface area is 193 Å². The SMILES string of the molecule is Cc1cc(C)n(-c2ccc(NC(=O)c3cccc(S(=O)(=O)N4CCCCCC4)c3)cc2F)n1. The summed E-state index contributed by atoms with van der Waals surface area (Å²) in [5.74, 6) is -1.04. The molecule has 1 aliphatic heterocycles. The van der Waals surface area contributed by atoms with Crippen molar-refractivity contribution in [2.45, 2.75) is 44.4 Å². The number of hydrogen-bond acceptors (Lipinski definition) is 4. The smallest absolute Gasteiger partial charge is 0.255 e. The van der Waals surface area contributed by atoms with Gasteiger partial charge in [-0.05, 0) is 69.2 Å². The van der Waals surface area contributed by atoms with E-state index in [4.69, 9.17) is 0 Å². The molecule has 0 aliphatic carbocycles. The number of halogens is 1. The predicted octanol–water partition coefficient (Wildman–Crippen LogP) is 4.45. The molecule has 0 saturated carbocycles. The van der Waals surface area contributed by atoms with Crippen LogP contribution in [-0.4, -0.2) is 41.5 Å². The molecule has 9 heteroatoms. The van der Waals surface area contributed by atoms with Crippen LogP contribution in [0.5, 0.6) is 0 Å². The first-order valence-corrected chi connectivity index (χ1v) is 12.4. The van der Waals surface area contributed by atoms with Crippen LogP contribution in [-0.2, 0) is 10.0 Å². The first-order valence-electron chi connectivity index (χ1n) is 11.0. The molecule has 0 atom stereocenters. The Morgan fingerprint density at radius 2 is 1.73 bits per heavy atom. The Bertz CT molecular complexity index is 1280. The van der Waals surface area contributed by atoms with Gasteiger partial charge in [0.15, 0.2) is 5.82 Å². The molecule has 174 valence electrons. The van der Waals surface area contributed by atoms with Crippen molar-refractivity contribution >= 4 is 21.6 Å². The normalized spacial score (nSPS) is 15.2. The van der Waals surface area contributed by atoms with Crippen molar-refractivity contribution < 1.29 is 17.6 Å². The van der Waals surface area contributed by atoms with Gasteiger partial charge in [0.05, 0.1) is 10.6 Å². The first kappa shape index (κ1) is 23.1. The quantitative estimate of drug-likeness (QED) is 0.597. The highest BCUT2D eigenvalue weighted by atomic mass is 32.2. The van der Waals surface area contributed by atoms with Crippen molar-refractivity contribution in [3.63, 3.8) is 0 Å². The van der Waals surface area contributed by atoms with Crippen LogP contribution >= 0.6 is 0 Å². The molecule has 0 radical (unpaired) electrons. The zero-order valence-electron chi connectivity index (χ0n) is 18.7. The van der Waals surface area contributed by atoms with Gasteiger partial charge in [0.1, 0.15) is 5.69 Å². The van der Waals surface area contributed by atoms with Crippen molar-refractivity contribution in [1.29, 1.82) is 0 Å². The van der Waals surface area contributed by atoms with Crippen LogP contribution in [0.4, 0.5) is 10.1 Å². The lowest BCUT2D eigenvalue weighted by molar-refractivity contribution is 0.102. The number of hydrogen-bond donors (Lipinski definition) is 1. The fourth-order valence-corrected chi connectivity index (χ4v) is 5.62. The van der Waals surface area contributed by atoms with E-state index in [1.807, 2.05) is 19.9 Å². The lowest BCUT2D eigenvalue weighted by Crippen LogP contribution is -2.32. The molecule has 2 aromatic carbocycles. The maximum Gasteiger partial charge on any atom is 0.255 e. The number of carbonyl (C=O) groups excluding carboxylic acids is 1. The van der Waals surface area contributed by atoms with E-state index in [9.17, 15) is 17.6 Å². The van der Waals surface area contributed by atoms with Crippen LogP contribution in [0.15, 0.2) is 53.4 Å². The van der Waals surface area contributed by atoms with Gasteiger partial charge in [0.25, 0.3) is 5.91 Å². The highest BCUT2D eigenvalue weighted by Crippen LogP contribution is 2.23. The van der Waals surface area contributed by atoms with Crippen LogP contribution in [0.1, 0.15) is 47.4 Å². The summed E-state index contributed by atoms with van der Waals surface area (Å²) >= 11 is 0. The number of benzene rings is 2. The van der Waals surface area contributed by atoms with E-state index in [1.165, 1.54) is 33.3 Å². The second kappa shape index (κ2) is 9.44. The molecule has 1 fully saturated rings. The van der Waals surface area contributed by atoms with Crippen molar-refractivity contribution in [1.82, 2.24) is 14.1 Å². The molecule has 1 aromatic heterocycles. The van der Waals surface area contributed by atoms with Gasteiger partial charge >= 0.3 is 0 Å². The number of amides is 1. The summed E-state index contributed by atoms with van der Waals surface area (Å²) in [5.41, 5.74) is 2.31. The maximum absolute atomic E-state index is 14.7. The van der Waals surface area contributed by atoms with Crippen LogP contribution in [0.3, 0.4) is 0 Å². The molecular formula is C24H27FN4O3S. The topological polar surface area (TPSA) is 84.3 Å². The Hall–Kier alpha value is -3.04. The maximum atomic E-state index is 14.7. The average Bonchev–Trinajstić information content (AvgIpc) is 2.97. The number of nitrogens with one attached hydrogen (secondary N) is 1. The summed E-state index contributed by atoms with van der Waals surface area (Å²) in [6.45, 7) is 4.64. The minimum absolute atomic E-state index is 0.0862. The van der Waals surface area contributed by atoms with Gasteiger partial charge in [-0.15, -0.1) is 0 Å².